The van der Waals surface area contributed by atoms with Gasteiger partial charge in [0.25, 0.3) is 0 Å². The van der Waals surface area contributed by atoms with Gasteiger partial charge in [-0.05, 0) is 18.1 Å². The minimum atomic E-state index is -1.70. The number of aliphatic hydroxyl groups excluding tert-OH is 1. The summed E-state index contributed by atoms with van der Waals surface area (Å²) in [5, 5.41) is 9.92. The first kappa shape index (κ1) is 13.2. The lowest BCUT2D eigenvalue weighted by atomic mass is 10.2. The van der Waals surface area contributed by atoms with E-state index in [-0.39, 0.29) is 17.2 Å². The Morgan fingerprint density at radius 1 is 1.47 bits per heavy atom. The summed E-state index contributed by atoms with van der Waals surface area (Å²) >= 11 is 0. The summed E-state index contributed by atoms with van der Waals surface area (Å²) in [6.45, 7) is 12.3. The molecular weight excluding hydrogens is 208 g/mol. The van der Waals surface area contributed by atoms with E-state index in [9.17, 15) is 5.11 Å². The van der Waals surface area contributed by atoms with Gasteiger partial charge in [0.15, 0.2) is 8.32 Å². The molecule has 1 rings (SSSR count). The highest BCUT2D eigenvalue weighted by Gasteiger charge is 2.37. The maximum Gasteiger partial charge on any atom is 0.192 e. The van der Waals surface area contributed by atoms with E-state index >= 15 is 0 Å². The van der Waals surface area contributed by atoms with Gasteiger partial charge in [-0.3, -0.25) is 0 Å². The van der Waals surface area contributed by atoms with Gasteiger partial charge in [-0.15, -0.1) is 0 Å². The third-order valence-corrected chi connectivity index (χ3v) is 7.88. The normalized spacial score (nSPS) is 24.0. The molecule has 1 fully saturated rings. The largest absolute Gasteiger partial charge is 0.414 e. The molecule has 1 saturated heterocycles. The van der Waals surface area contributed by atoms with Crippen molar-refractivity contribution in [2.75, 3.05) is 13.2 Å². The van der Waals surface area contributed by atoms with Crippen molar-refractivity contribution in [2.45, 2.75) is 57.5 Å². The Bertz CT molecular complexity index is 206. The standard InChI is InChI=1S/C11H24O3Si/c1-11(2,3)15(4,5)14-7-9(12)6-10-8-13-10/h9-10,12H,6-8H2,1-5H3/t9-,10+/m0/s1. The van der Waals surface area contributed by atoms with E-state index in [4.69, 9.17) is 9.16 Å². The fourth-order valence-corrected chi connectivity index (χ4v) is 2.14. The van der Waals surface area contributed by atoms with Crippen molar-refractivity contribution in [1.29, 1.82) is 0 Å². The molecule has 0 aliphatic carbocycles. The zero-order valence-corrected chi connectivity index (χ0v) is 11.5. The topological polar surface area (TPSA) is 42.0 Å². The average molecular weight is 232 g/mol. The van der Waals surface area contributed by atoms with Crippen molar-refractivity contribution in [3.63, 3.8) is 0 Å². The summed E-state index contributed by atoms with van der Waals surface area (Å²) in [7, 11) is -1.70. The maximum absolute atomic E-state index is 9.71. The van der Waals surface area contributed by atoms with Crippen LogP contribution in [0.1, 0.15) is 27.2 Å². The summed E-state index contributed by atoms with van der Waals surface area (Å²) in [6.07, 6.45) is 0.629. The number of aliphatic hydroxyl groups is 1. The van der Waals surface area contributed by atoms with Gasteiger partial charge in [0.05, 0.1) is 25.4 Å². The third kappa shape index (κ3) is 4.22. The summed E-state index contributed by atoms with van der Waals surface area (Å²) in [5.41, 5.74) is 0. The lowest BCUT2D eigenvalue weighted by molar-refractivity contribution is 0.0859. The van der Waals surface area contributed by atoms with E-state index in [1.165, 1.54) is 0 Å². The minimum absolute atomic E-state index is 0.211. The van der Waals surface area contributed by atoms with Crippen LogP contribution in [0.25, 0.3) is 0 Å². The van der Waals surface area contributed by atoms with Gasteiger partial charge in [0.1, 0.15) is 0 Å². The van der Waals surface area contributed by atoms with Crippen molar-refractivity contribution < 1.29 is 14.3 Å². The van der Waals surface area contributed by atoms with E-state index in [1.807, 2.05) is 0 Å². The molecule has 0 unspecified atom stereocenters. The molecule has 0 aromatic rings. The molecule has 1 aliphatic rings. The Balaban J connectivity index is 2.27. The zero-order chi connectivity index (χ0) is 11.7. The van der Waals surface area contributed by atoms with Crippen molar-refractivity contribution in [3.05, 3.63) is 0 Å². The van der Waals surface area contributed by atoms with Gasteiger partial charge < -0.3 is 14.3 Å². The van der Waals surface area contributed by atoms with Crippen LogP contribution in [-0.2, 0) is 9.16 Å². The second kappa shape index (κ2) is 4.53. The van der Waals surface area contributed by atoms with E-state index in [0.717, 1.165) is 6.61 Å². The predicted molar refractivity (Wildman–Crippen MR) is 63.5 cm³/mol. The summed E-state index contributed by atoms with van der Waals surface area (Å²) < 4.78 is 11.0. The van der Waals surface area contributed by atoms with Gasteiger partial charge in [-0.1, -0.05) is 20.8 Å². The number of rotatable bonds is 5. The fourth-order valence-electron chi connectivity index (χ4n) is 1.10. The number of hydrogen-bond donors (Lipinski definition) is 1. The number of ether oxygens (including phenoxy) is 1. The van der Waals surface area contributed by atoms with Crippen LogP contribution in [0.15, 0.2) is 0 Å². The van der Waals surface area contributed by atoms with E-state index in [1.54, 1.807) is 0 Å². The first-order valence-corrected chi connectivity index (χ1v) is 8.57. The molecule has 0 amide bonds. The first-order valence-electron chi connectivity index (χ1n) is 5.66. The molecule has 1 N–H and O–H groups in total. The minimum Gasteiger partial charge on any atom is -0.414 e. The van der Waals surface area contributed by atoms with Crippen LogP contribution in [0, 0.1) is 0 Å². The quantitative estimate of drug-likeness (QED) is 0.583. The summed E-state index contributed by atoms with van der Waals surface area (Å²) in [4.78, 5) is 0. The Labute approximate surface area is 93.9 Å². The number of epoxide rings is 1. The van der Waals surface area contributed by atoms with Crippen molar-refractivity contribution >= 4 is 8.32 Å². The van der Waals surface area contributed by atoms with Crippen LogP contribution in [0.5, 0.6) is 0 Å². The molecule has 1 heterocycles. The molecule has 15 heavy (non-hydrogen) atoms. The van der Waals surface area contributed by atoms with Crippen LogP contribution in [0.3, 0.4) is 0 Å². The zero-order valence-electron chi connectivity index (χ0n) is 10.5. The SMILES string of the molecule is CC(C)(C)[Si](C)(C)OC[C@@H](O)C[C@@H]1CO1. The molecular formula is C11H24O3Si. The van der Waals surface area contributed by atoms with Crippen LogP contribution >= 0.6 is 0 Å². The van der Waals surface area contributed by atoms with Gasteiger partial charge in [-0.2, -0.15) is 0 Å². The van der Waals surface area contributed by atoms with Crippen LogP contribution in [0.2, 0.25) is 18.1 Å². The van der Waals surface area contributed by atoms with E-state index in [0.29, 0.717) is 13.0 Å². The second-order valence-electron chi connectivity index (χ2n) is 5.92. The molecule has 0 saturated carbocycles. The van der Waals surface area contributed by atoms with Crippen molar-refractivity contribution in [2.24, 2.45) is 0 Å². The van der Waals surface area contributed by atoms with E-state index in [2.05, 4.69) is 33.9 Å². The van der Waals surface area contributed by atoms with Gasteiger partial charge in [0.2, 0.25) is 0 Å². The average Bonchev–Trinajstić information content (AvgIpc) is 2.83. The van der Waals surface area contributed by atoms with Gasteiger partial charge in [0, 0.05) is 6.42 Å². The van der Waals surface area contributed by atoms with Gasteiger partial charge >= 0.3 is 0 Å². The lowest BCUT2D eigenvalue weighted by Crippen LogP contribution is -2.42. The van der Waals surface area contributed by atoms with Gasteiger partial charge in [-0.25, -0.2) is 0 Å². The highest BCUT2D eigenvalue weighted by atomic mass is 28.4. The summed E-state index contributed by atoms with van der Waals surface area (Å²) in [6, 6.07) is 0. The Kier molecular flexibility index (Phi) is 3.98. The Morgan fingerprint density at radius 2 is 2.00 bits per heavy atom. The van der Waals surface area contributed by atoms with E-state index < -0.39 is 8.32 Å². The molecule has 4 heteroatoms. The molecule has 0 radical (unpaired) electrons. The molecule has 2 atom stereocenters. The summed E-state index contributed by atoms with van der Waals surface area (Å²) in [5.74, 6) is 0. The van der Waals surface area contributed by atoms with Crippen molar-refractivity contribution in [1.82, 2.24) is 0 Å². The highest BCUT2D eigenvalue weighted by Crippen LogP contribution is 2.36. The second-order valence-corrected chi connectivity index (χ2v) is 10.7. The van der Waals surface area contributed by atoms with Crippen LogP contribution in [-0.4, -0.2) is 38.8 Å². The molecule has 90 valence electrons. The predicted octanol–water partition coefficient (Wildman–Crippen LogP) is 2.16. The lowest BCUT2D eigenvalue weighted by Gasteiger charge is -2.36. The van der Waals surface area contributed by atoms with Crippen LogP contribution < -0.4 is 0 Å². The Hall–Kier alpha value is 0.0969. The molecule has 0 spiro atoms. The monoisotopic (exact) mass is 232 g/mol. The maximum atomic E-state index is 9.71. The first-order chi connectivity index (χ1) is 6.72. The third-order valence-electron chi connectivity index (χ3n) is 3.38. The smallest absolute Gasteiger partial charge is 0.192 e. The molecule has 0 aromatic heterocycles. The molecule has 0 bridgehead atoms. The Morgan fingerprint density at radius 3 is 2.40 bits per heavy atom. The highest BCUT2D eigenvalue weighted by molar-refractivity contribution is 6.74. The molecule has 0 aromatic carbocycles. The number of hydrogen-bond acceptors (Lipinski definition) is 3. The molecule has 3 nitrogen and oxygen atoms in total. The fraction of sp³-hybridized carbons (Fsp3) is 1.00. The van der Waals surface area contributed by atoms with Crippen LogP contribution in [0.4, 0.5) is 0 Å². The van der Waals surface area contributed by atoms with Crippen molar-refractivity contribution in [3.8, 4) is 0 Å². The molecule has 1 aliphatic heterocycles.